The van der Waals surface area contributed by atoms with Gasteiger partial charge in [0.1, 0.15) is 17.7 Å². The van der Waals surface area contributed by atoms with Crippen LogP contribution in [0.5, 0.6) is 0 Å². The first-order chi connectivity index (χ1) is 11.5. The van der Waals surface area contributed by atoms with E-state index in [0.717, 1.165) is 31.4 Å². The minimum Gasteiger partial charge on any atom is -0.477 e. The number of rotatable bonds is 4. The van der Waals surface area contributed by atoms with E-state index in [1.807, 2.05) is 0 Å². The zero-order valence-electron chi connectivity index (χ0n) is 13.9. The minimum atomic E-state index is -1.17. The van der Waals surface area contributed by atoms with Crippen LogP contribution in [0, 0.1) is 0 Å². The van der Waals surface area contributed by atoms with Crippen molar-refractivity contribution in [3.05, 3.63) is 11.3 Å². The molecule has 2 atom stereocenters. The molecule has 1 saturated heterocycles. The largest absolute Gasteiger partial charge is 0.477 e. The van der Waals surface area contributed by atoms with Gasteiger partial charge in [0.2, 0.25) is 0 Å². The molecule has 9 heteroatoms. The van der Waals surface area contributed by atoms with E-state index in [0.29, 0.717) is 11.3 Å². The molecular formula is C16H21BrN2O5S. The van der Waals surface area contributed by atoms with Crippen LogP contribution in [0.4, 0.5) is 0 Å². The number of thioether (sulfide) groups is 1. The topological polar surface area (TPSA) is 96.3 Å². The van der Waals surface area contributed by atoms with Gasteiger partial charge < -0.3 is 9.84 Å². The lowest BCUT2D eigenvalue weighted by Crippen LogP contribution is -2.64. The second-order valence-corrected chi connectivity index (χ2v) is 7.25. The lowest BCUT2D eigenvalue weighted by atomic mass is 9.97. The molecule has 25 heavy (non-hydrogen) atoms. The molecule has 0 aromatic rings. The van der Waals surface area contributed by atoms with Crippen LogP contribution in [0.2, 0.25) is 0 Å². The van der Waals surface area contributed by atoms with Crippen molar-refractivity contribution < 1.29 is 24.2 Å². The Bertz CT molecular complexity index is 640. The number of carboxylic acids is 1. The Labute approximate surface area is 160 Å². The van der Waals surface area contributed by atoms with Crippen LogP contribution < -0.4 is 0 Å². The van der Waals surface area contributed by atoms with E-state index in [2.05, 4.69) is 4.99 Å². The summed E-state index contributed by atoms with van der Waals surface area (Å²) in [5.41, 5.74) is 1.48. The predicted octanol–water partition coefficient (Wildman–Crippen LogP) is 2.15. The fourth-order valence-electron chi connectivity index (χ4n) is 3.23. The fourth-order valence-corrected chi connectivity index (χ4v) is 4.54. The zero-order chi connectivity index (χ0) is 17.3. The number of hydrogen-bond donors (Lipinski definition) is 1. The van der Waals surface area contributed by atoms with Crippen LogP contribution in [-0.2, 0) is 19.1 Å². The average molecular weight is 433 g/mol. The number of β-lactam (4-membered cyclic amide) rings is 1. The molecule has 0 aromatic carbocycles. The summed E-state index contributed by atoms with van der Waals surface area (Å²) >= 11 is 1.48. The quantitative estimate of drug-likeness (QED) is 0.539. The maximum absolute atomic E-state index is 12.5. The van der Waals surface area contributed by atoms with Crippen molar-refractivity contribution in [2.75, 3.05) is 12.4 Å². The summed E-state index contributed by atoms with van der Waals surface area (Å²) in [6.45, 7) is 1.17. The molecule has 1 aliphatic carbocycles. The maximum Gasteiger partial charge on any atom is 0.352 e. The van der Waals surface area contributed by atoms with Crippen molar-refractivity contribution in [2.24, 2.45) is 4.99 Å². The molecule has 3 rings (SSSR count). The molecule has 1 unspecified atom stereocenters. The molecule has 2 aliphatic heterocycles. The summed E-state index contributed by atoms with van der Waals surface area (Å²) in [5.74, 6) is -1.50. The van der Waals surface area contributed by atoms with Gasteiger partial charge in [-0.3, -0.25) is 19.5 Å². The number of fused-ring (bicyclic) bond motifs is 1. The van der Waals surface area contributed by atoms with Crippen molar-refractivity contribution in [1.82, 2.24) is 4.90 Å². The first kappa shape index (κ1) is 20.0. The number of amides is 1. The van der Waals surface area contributed by atoms with E-state index in [1.54, 1.807) is 0 Å². The molecule has 138 valence electrons. The Kier molecular flexibility index (Phi) is 6.67. The van der Waals surface area contributed by atoms with Crippen molar-refractivity contribution in [2.45, 2.75) is 50.4 Å². The highest BCUT2D eigenvalue weighted by Gasteiger charge is 2.53. The Hall–Kier alpha value is -1.35. The second-order valence-electron chi connectivity index (χ2n) is 6.15. The minimum absolute atomic E-state index is 0. The molecule has 7 nitrogen and oxygen atoms in total. The first-order valence-electron chi connectivity index (χ1n) is 8.08. The number of halogens is 1. The first-order valence-corrected chi connectivity index (χ1v) is 9.13. The molecule has 1 N–H and O–H groups in total. The number of hydrogen-bond acceptors (Lipinski definition) is 6. The summed E-state index contributed by atoms with van der Waals surface area (Å²) < 4.78 is 4.91. The van der Waals surface area contributed by atoms with Crippen molar-refractivity contribution in [1.29, 1.82) is 0 Å². The summed E-state index contributed by atoms with van der Waals surface area (Å²) in [4.78, 5) is 40.9. The van der Waals surface area contributed by atoms with Crippen molar-refractivity contribution in [3.63, 3.8) is 0 Å². The number of carbonyl (C=O) groups excluding carboxylic acids is 2. The summed E-state index contributed by atoms with van der Waals surface area (Å²) in [5, 5.41) is 9.22. The standard InChI is InChI=1S/C16H20N2O5S.BrH/c1-9(19)23-7-10-8-24-15-12(17-11-5-3-2-4-6-11)14(20)18(15)13(10)16(21)22;/h12,15H,2-8H2,1H3,(H,21,22);1H/t12?,15-;/m0./s1. The van der Waals surface area contributed by atoms with Gasteiger partial charge in [-0.2, -0.15) is 0 Å². The highest BCUT2D eigenvalue weighted by atomic mass is 79.9. The van der Waals surface area contributed by atoms with Gasteiger partial charge in [-0.25, -0.2) is 4.79 Å². The molecule has 3 aliphatic rings. The average Bonchev–Trinajstić information content (AvgIpc) is 2.57. The summed E-state index contributed by atoms with van der Waals surface area (Å²) in [6.07, 6.45) is 5.27. The van der Waals surface area contributed by atoms with E-state index >= 15 is 0 Å². The summed E-state index contributed by atoms with van der Waals surface area (Å²) in [7, 11) is 0. The third kappa shape index (κ3) is 4.08. The molecule has 0 spiro atoms. The summed E-state index contributed by atoms with van der Waals surface area (Å²) in [6, 6.07) is -0.479. The predicted molar refractivity (Wildman–Crippen MR) is 99.0 cm³/mol. The van der Waals surface area contributed by atoms with Gasteiger partial charge in [-0.15, -0.1) is 28.7 Å². The highest BCUT2D eigenvalue weighted by Crippen LogP contribution is 2.42. The molecule has 2 fully saturated rings. The molecule has 0 aromatic heterocycles. The fraction of sp³-hybridized carbons (Fsp3) is 0.625. The third-order valence-electron chi connectivity index (χ3n) is 4.42. The van der Waals surface area contributed by atoms with Gasteiger partial charge >= 0.3 is 11.9 Å². The van der Waals surface area contributed by atoms with E-state index < -0.39 is 18.0 Å². The number of esters is 1. The van der Waals surface area contributed by atoms with Crippen LogP contribution in [0.25, 0.3) is 0 Å². The Morgan fingerprint density at radius 3 is 2.60 bits per heavy atom. The number of carboxylic acid groups (broad SMARTS) is 1. The molecule has 1 saturated carbocycles. The van der Waals surface area contributed by atoms with Crippen LogP contribution in [0.1, 0.15) is 39.0 Å². The van der Waals surface area contributed by atoms with E-state index in [-0.39, 0.29) is 40.6 Å². The van der Waals surface area contributed by atoms with Gasteiger partial charge in [-0.1, -0.05) is 6.42 Å². The number of aliphatic imine (C=N–C) groups is 1. The van der Waals surface area contributed by atoms with Crippen LogP contribution >= 0.6 is 28.7 Å². The highest BCUT2D eigenvalue weighted by molar-refractivity contribution is 8.93. The Balaban J connectivity index is 0.00000225. The molecule has 0 radical (unpaired) electrons. The van der Waals surface area contributed by atoms with Crippen LogP contribution in [-0.4, -0.2) is 57.3 Å². The monoisotopic (exact) mass is 432 g/mol. The smallest absolute Gasteiger partial charge is 0.352 e. The third-order valence-corrected chi connectivity index (χ3v) is 5.75. The van der Waals surface area contributed by atoms with Crippen molar-refractivity contribution in [3.8, 4) is 0 Å². The lowest BCUT2D eigenvalue weighted by Gasteiger charge is -2.48. The van der Waals surface area contributed by atoms with E-state index in [9.17, 15) is 19.5 Å². The van der Waals surface area contributed by atoms with E-state index in [4.69, 9.17) is 4.74 Å². The number of aliphatic carboxylic acids is 1. The number of carbonyl (C=O) groups is 3. The zero-order valence-corrected chi connectivity index (χ0v) is 16.4. The maximum atomic E-state index is 12.5. The van der Waals surface area contributed by atoms with Crippen molar-refractivity contribution >= 4 is 52.3 Å². The second kappa shape index (κ2) is 8.35. The molecule has 2 heterocycles. The van der Waals surface area contributed by atoms with Crippen LogP contribution in [0.15, 0.2) is 16.3 Å². The number of nitrogens with zero attached hydrogens (tertiary/aromatic N) is 2. The SMILES string of the molecule is Br.CC(=O)OCC1=C(C(=O)O)N2C(=O)C(N=C3CCCCC3)[C@@H]2SC1. The number of ether oxygens (including phenoxy) is 1. The van der Waals surface area contributed by atoms with Gasteiger partial charge in [0, 0.05) is 24.0 Å². The Morgan fingerprint density at radius 2 is 2.00 bits per heavy atom. The molecule has 0 bridgehead atoms. The van der Waals surface area contributed by atoms with Gasteiger partial charge in [0.05, 0.1) is 0 Å². The van der Waals surface area contributed by atoms with Gasteiger partial charge in [0.15, 0.2) is 6.04 Å². The van der Waals surface area contributed by atoms with E-state index in [1.165, 1.54) is 30.0 Å². The normalized spacial score (nSPS) is 25.6. The van der Waals surface area contributed by atoms with Gasteiger partial charge in [-0.05, 0) is 25.7 Å². The molecule has 1 amide bonds. The molecular weight excluding hydrogens is 412 g/mol. The van der Waals surface area contributed by atoms with Gasteiger partial charge in [0.25, 0.3) is 5.91 Å². The Morgan fingerprint density at radius 1 is 1.32 bits per heavy atom. The van der Waals surface area contributed by atoms with Crippen LogP contribution in [0.3, 0.4) is 0 Å². The lowest BCUT2D eigenvalue weighted by molar-refractivity contribution is -0.148.